The second-order valence-corrected chi connectivity index (χ2v) is 5.25. The zero-order chi connectivity index (χ0) is 13.7. The van der Waals surface area contributed by atoms with Gasteiger partial charge in [0.15, 0.2) is 5.78 Å². The van der Waals surface area contributed by atoms with Gasteiger partial charge in [0.2, 0.25) is 0 Å². The second-order valence-electron chi connectivity index (χ2n) is 5.25. The first-order valence-corrected chi connectivity index (χ1v) is 6.84. The first kappa shape index (κ1) is 11.4. The molecule has 1 aliphatic heterocycles. The van der Waals surface area contributed by atoms with Crippen LogP contribution in [0, 0.1) is 6.92 Å². The molecule has 20 heavy (non-hydrogen) atoms. The number of carbonyl (C=O) groups excluding carboxylic acids is 1. The number of benzene rings is 2. The Morgan fingerprint density at radius 1 is 1.10 bits per heavy atom. The summed E-state index contributed by atoms with van der Waals surface area (Å²) in [6.07, 6.45) is 0.557. The molecule has 0 radical (unpaired) electrons. The van der Waals surface area contributed by atoms with Crippen molar-refractivity contribution in [2.24, 2.45) is 0 Å². The molecule has 3 aromatic rings. The minimum absolute atomic E-state index is 0.224. The Balaban J connectivity index is 2.11. The monoisotopic (exact) mass is 262 g/mol. The molecule has 0 saturated heterocycles. The van der Waals surface area contributed by atoms with E-state index >= 15 is 0 Å². The van der Waals surface area contributed by atoms with Crippen molar-refractivity contribution in [2.75, 3.05) is 0 Å². The number of aromatic nitrogens is 2. The molecule has 4 rings (SSSR count). The molecule has 0 N–H and O–H groups in total. The number of hydrogen-bond donors (Lipinski definition) is 0. The van der Waals surface area contributed by atoms with Crippen LogP contribution < -0.4 is 0 Å². The summed E-state index contributed by atoms with van der Waals surface area (Å²) in [7, 11) is 0. The highest BCUT2D eigenvalue weighted by Gasteiger charge is 2.24. The Kier molecular flexibility index (Phi) is 2.30. The van der Waals surface area contributed by atoms with E-state index in [1.54, 1.807) is 0 Å². The molecule has 98 valence electrons. The lowest BCUT2D eigenvalue weighted by Crippen LogP contribution is -2.14. The van der Waals surface area contributed by atoms with Gasteiger partial charge in [-0.25, -0.2) is 4.98 Å². The van der Waals surface area contributed by atoms with Gasteiger partial charge in [0, 0.05) is 24.1 Å². The van der Waals surface area contributed by atoms with E-state index in [0.29, 0.717) is 6.42 Å². The summed E-state index contributed by atoms with van der Waals surface area (Å²) < 4.78 is 2.19. The molecule has 2 heterocycles. The van der Waals surface area contributed by atoms with Crippen molar-refractivity contribution in [3.05, 3.63) is 53.6 Å². The van der Waals surface area contributed by atoms with Crippen LogP contribution in [0.1, 0.15) is 22.3 Å². The minimum Gasteiger partial charge on any atom is -0.323 e. The topological polar surface area (TPSA) is 34.9 Å². The maximum absolute atomic E-state index is 12.1. The van der Waals surface area contributed by atoms with Gasteiger partial charge in [0.25, 0.3) is 0 Å². The van der Waals surface area contributed by atoms with E-state index in [1.165, 1.54) is 0 Å². The first-order chi connectivity index (χ1) is 9.75. The van der Waals surface area contributed by atoms with E-state index in [4.69, 9.17) is 4.98 Å². The van der Waals surface area contributed by atoms with Crippen molar-refractivity contribution < 1.29 is 4.79 Å². The van der Waals surface area contributed by atoms with Crippen LogP contribution in [0.25, 0.3) is 22.4 Å². The number of hydrogen-bond acceptors (Lipinski definition) is 2. The zero-order valence-corrected chi connectivity index (χ0v) is 11.3. The molecular formula is C17H14N2O. The Morgan fingerprint density at radius 2 is 1.90 bits per heavy atom. The molecule has 0 spiro atoms. The normalized spacial score (nSPS) is 13.9. The van der Waals surface area contributed by atoms with Crippen molar-refractivity contribution in [3.63, 3.8) is 0 Å². The molecule has 0 bridgehead atoms. The Labute approximate surface area is 116 Å². The van der Waals surface area contributed by atoms with Crippen molar-refractivity contribution in [1.82, 2.24) is 9.55 Å². The first-order valence-electron chi connectivity index (χ1n) is 6.84. The summed E-state index contributed by atoms with van der Waals surface area (Å²) >= 11 is 0. The van der Waals surface area contributed by atoms with Crippen LogP contribution in [-0.4, -0.2) is 15.3 Å². The summed E-state index contributed by atoms with van der Waals surface area (Å²) in [5.74, 6) is 1.19. The fraction of sp³-hybridized carbons (Fsp3) is 0.176. The quantitative estimate of drug-likeness (QED) is 0.671. The summed E-state index contributed by atoms with van der Waals surface area (Å²) in [6.45, 7) is 2.76. The highest BCUT2D eigenvalue weighted by molar-refractivity contribution is 6.08. The fourth-order valence-corrected chi connectivity index (χ4v) is 2.97. The van der Waals surface area contributed by atoms with E-state index in [0.717, 1.165) is 40.1 Å². The summed E-state index contributed by atoms with van der Waals surface area (Å²) in [5, 5.41) is 0. The highest BCUT2D eigenvalue weighted by atomic mass is 16.1. The lowest BCUT2D eigenvalue weighted by Gasteiger charge is -2.16. The molecule has 0 aliphatic carbocycles. The summed E-state index contributed by atoms with van der Waals surface area (Å²) in [4.78, 5) is 16.9. The van der Waals surface area contributed by atoms with Crippen LogP contribution in [0.2, 0.25) is 0 Å². The number of imidazole rings is 1. The Hall–Kier alpha value is -2.42. The molecule has 0 amide bonds. The standard InChI is InChI=1S/C17H14N2O/c1-11-7-8-13-14(20)9-10-19-16(13)15(11)18-17(19)12-5-3-2-4-6-12/h2-8H,9-10H2,1H3. The second kappa shape index (κ2) is 4.04. The van der Waals surface area contributed by atoms with E-state index in [-0.39, 0.29) is 5.78 Å². The summed E-state index contributed by atoms with van der Waals surface area (Å²) in [5.41, 5.74) is 4.99. The fourth-order valence-electron chi connectivity index (χ4n) is 2.97. The molecule has 0 saturated carbocycles. The van der Waals surface area contributed by atoms with Gasteiger partial charge in [-0.15, -0.1) is 0 Å². The largest absolute Gasteiger partial charge is 0.323 e. The minimum atomic E-state index is 0.224. The van der Waals surface area contributed by atoms with Gasteiger partial charge in [0.05, 0.1) is 11.0 Å². The van der Waals surface area contributed by atoms with Gasteiger partial charge < -0.3 is 4.57 Å². The van der Waals surface area contributed by atoms with Crippen LogP contribution in [0.15, 0.2) is 42.5 Å². The van der Waals surface area contributed by atoms with Gasteiger partial charge in [-0.1, -0.05) is 36.4 Å². The third kappa shape index (κ3) is 1.46. The predicted octanol–water partition coefficient (Wildman–Crippen LogP) is 3.60. The van der Waals surface area contributed by atoms with Gasteiger partial charge in [-0.3, -0.25) is 4.79 Å². The van der Waals surface area contributed by atoms with Crippen molar-refractivity contribution in [2.45, 2.75) is 19.9 Å². The third-order valence-electron chi connectivity index (χ3n) is 3.99. The molecule has 0 atom stereocenters. The highest BCUT2D eigenvalue weighted by Crippen LogP contribution is 2.32. The SMILES string of the molecule is Cc1ccc2c3c1nc(-c1ccccc1)n3CCC2=O. The average Bonchev–Trinajstić information content (AvgIpc) is 2.87. The van der Waals surface area contributed by atoms with Gasteiger partial charge >= 0.3 is 0 Å². The van der Waals surface area contributed by atoms with Gasteiger partial charge in [-0.05, 0) is 18.6 Å². The smallest absolute Gasteiger partial charge is 0.166 e. The molecule has 0 fully saturated rings. The molecule has 1 aromatic heterocycles. The number of rotatable bonds is 1. The predicted molar refractivity (Wildman–Crippen MR) is 78.9 cm³/mol. The maximum atomic E-state index is 12.1. The zero-order valence-electron chi connectivity index (χ0n) is 11.3. The van der Waals surface area contributed by atoms with Gasteiger partial charge in [0.1, 0.15) is 5.82 Å². The van der Waals surface area contributed by atoms with Crippen molar-refractivity contribution in [1.29, 1.82) is 0 Å². The van der Waals surface area contributed by atoms with Crippen LogP contribution in [0.3, 0.4) is 0 Å². The van der Waals surface area contributed by atoms with E-state index < -0.39 is 0 Å². The molecule has 3 heteroatoms. The number of aryl methyl sites for hydroxylation is 2. The number of Topliss-reactive ketones (excluding diaryl/α,β-unsaturated/α-hetero) is 1. The lowest BCUT2D eigenvalue weighted by molar-refractivity contribution is 0.0973. The number of nitrogens with zero attached hydrogens (tertiary/aromatic N) is 2. The molecule has 2 aromatic carbocycles. The maximum Gasteiger partial charge on any atom is 0.166 e. The Bertz CT molecular complexity index is 831. The molecule has 0 unspecified atom stereocenters. The van der Waals surface area contributed by atoms with E-state index in [2.05, 4.69) is 16.7 Å². The third-order valence-corrected chi connectivity index (χ3v) is 3.99. The van der Waals surface area contributed by atoms with Crippen molar-refractivity contribution in [3.8, 4) is 11.4 Å². The molecule has 3 nitrogen and oxygen atoms in total. The van der Waals surface area contributed by atoms with Crippen LogP contribution in [0.4, 0.5) is 0 Å². The summed E-state index contributed by atoms with van der Waals surface area (Å²) in [6, 6.07) is 14.1. The van der Waals surface area contributed by atoms with Crippen molar-refractivity contribution >= 4 is 16.8 Å². The van der Waals surface area contributed by atoms with E-state index in [1.807, 2.05) is 37.3 Å². The molecular weight excluding hydrogens is 248 g/mol. The van der Waals surface area contributed by atoms with Gasteiger partial charge in [-0.2, -0.15) is 0 Å². The van der Waals surface area contributed by atoms with Crippen LogP contribution in [0.5, 0.6) is 0 Å². The number of ketones is 1. The molecule has 1 aliphatic rings. The number of carbonyl (C=O) groups is 1. The van der Waals surface area contributed by atoms with Crippen LogP contribution in [-0.2, 0) is 6.54 Å². The lowest BCUT2D eigenvalue weighted by atomic mass is 10.0. The Morgan fingerprint density at radius 3 is 2.70 bits per heavy atom. The average molecular weight is 262 g/mol. The van der Waals surface area contributed by atoms with Crippen LogP contribution >= 0.6 is 0 Å². The van der Waals surface area contributed by atoms with E-state index in [9.17, 15) is 4.79 Å².